The highest BCUT2D eigenvalue weighted by Gasteiger charge is 2.23. The van der Waals surface area contributed by atoms with E-state index in [2.05, 4.69) is 51.4 Å². The summed E-state index contributed by atoms with van der Waals surface area (Å²) in [6.45, 7) is 6.57. The highest BCUT2D eigenvalue weighted by atomic mass is 16.5. The zero-order valence-corrected chi connectivity index (χ0v) is 16.0. The van der Waals surface area contributed by atoms with Crippen molar-refractivity contribution in [3.05, 3.63) is 47.9 Å². The fourth-order valence-electron chi connectivity index (χ4n) is 3.12. The van der Waals surface area contributed by atoms with Crippen LogP contribution in [0.4, 0.5) is 11.5 Å². The van der Waals surface area contributed by atoms with Crippen molar-refractivity contribution in [1.82, 2.24) is 14.9 Å². The van der Waals surface area contributed by atoms with Crippen LogP contribution in [0.1, 0.15) is 22.5 Å². The van der Waals surface area contributed by atoms with Crippen LogP contribution in [-0.4, -0.2) is 67.2 Å². The van der Waals surface area contributed by atoms with Gasteiger partial charge in [-0.15, -0.1) is 0 Å². The molecule has 0 saturated carbocycles. The van der Waals surface area contributed by atoms with E-state index in [1.165, 1.54) is 11.3 Å². The number of anilines is 2. The maximum atomic E-state index is 12.7. The van der Waals surface area contributed by atoms with Crippen LogP contribution >= 0.6 is 0 Å². The third kappa shape index (κ3) is 5.17. The second-order valence-electron chi connectivity index (χ2n) is 6.68. The zero-order valence-electron chi connectivity index (χ0n) is 16.0. The number of methoxy groups -OCH3 is 1. The Bertz CT molecular complexity index is 742. The van der Waals surface area contributed by atoms with E-state index >= 15 is 0 Å². The van der Waals surface area contributed by atoms with Gasteiger partial charge in [-0.2, -0.15) is 0 Å². The van der Waals surface area contributed by atoms with E-state index in [0.29, 0.717) is 31.2 Å². The van der Waals surface area contributed by atoms with Crippen molar-refractivity contribution in [2.24, 2.45) is 0 Å². The van der Waals surface area contributed by atoms with Gasteiger partial charge in [-0.05, 0) is 31.0 Å². The SMILES string of the molecule is COCCCNc1cnc(C(=O)N2CCN(c3cccc(C)c3)CC2)cn1. The molecule has 7 heteroatoms. The van der Waals surface area contributed by atoms with Crippen LogP contribution in [0.2, 0.25) is 0 Å². The molecule has 7 nitrogen and oxygen atoms in total. The van der Waals surface area contributed by atoms with Crippen LogP contribution in [0.25, 0.3) is 0 Å². The number of rotatable bonds is 7. The highest BCUT2D eigenvalue weighted by Crippen LogP contribution is 2.18. The number of benzene rings is 1. The second kappa shape index (κ2) is 9.32. The number of hydrogen-bond acceptors (Lipinski definition) is 6. The van der Waals surface area contributed by atoms with Crippen LogP contribution in [0.15, 0.2) is 36.7 Å². The largest absolute Gasteiger partial charge is 0.385 e. The topological polar surface area (TPSA) is 70.6 Å². The molecule has 0 radical (unpaired) electrons. The van der Waals surface area contributed by atoms with E-state index in [0.717, 1.165) is 26.1 Å². The van der Waals surface area contributed by atoms with Crippen LogP contribution in [-0.2, 0) is 4.74 Å². The molecule has 0 unspecified atom stereocenters. The van der Waals surface area contributed by atoms with Gasteiger partial charge in [-0.3, -0.25) is 4.79 Å². The third-order valence-electron chi connectivity index (χ3n) is 4.64. The summed E-state index contributed by atoms with van der Waals surface area (Å²) >= 11 is 0. The summed E-state index contributed by atoms with van der Waals surface area (Å²) < 4.78 is 5.01. The van der Waals surface area contributed by atoms with E-state index in [1.807, 2.05) is 4.90 Å². The molecule has 3 rings (SSSR count). The molecule has 1 aromatic carbocycles. The first-order valence-corrected chi connectivity index (χ1v) is 9.33. The minimum absolute atomic E-state index is 0.0580. The molecular weight excluding hydrogens is 342 g/mol. The van der Waals surface area contributed by atoms with Crippen molar-refractivity contribution < 1.29 is 9.53 Å². The molecular formula is C20H27N5O2. The maximum Gasteiger partial charge on any atom is 0.274 e. The normalized spacial score (nSPS) is 14.3. The Morgan fingerprint density at radius 1 is 1.19 bits per heavy atom. The molecule has 27 heavy (non-hydrogen) atoms. The van der Waals surface area contributed by atoms with Crippen molar-refractivity contribution in [1.29, 1.82) is 0 Å². The van der Waals surface area contributed by atoms with Gasteiger partial charge in [0, 0.05) is 52.1 Å². The van der Waals surface area contributed by atoms with E-state index in [-0.39, 0.29) is 5.91 Å². The zero-order chi connectivity index (χ0) is 19.1. The number of aryl methyl sites for hydroxylation is 1. The lowest BCUT2D eigenvalue weighted by molar-refractivity contribution is 0.0740. The van der Waals surface area contributed by atoms with E-state index < -0.39 is 0 Å². The molecule has 1 amide bonds. The van der Waals surface area contributed by atoms with E-state index in [9.17, 15) is 4.79 Å². The summed E-state index contributed by atoms with van der Waals surface area (Å²) in [5.41, 5.74) is 2.85. The average molecular weight is 369 g/mol. The first-order valence-electron chi connectivity index (χ1n) is 9.33. The summed E-state index contributed by atoms with van der Waals surface area (Å²) in [5, 5.41) is 3.17. The lowest BCUT2D eigenvalue weighted by atomic mass is 10.2. The smallest absolute Gasteiger partial charge is 0.274 e. The Balaban J connectivity index is 1.51. The molecule has 1 N–H and O–H groups in total. The van der Waals surface area contributed by atoms with Gasteiger partial charge < -0.3 is 19.9 Å². The minimum atomic E-state index is -0.0580. The van der Waals surface area contributed by atoms with Crippen LogP contribution < -0.4 is 10.2 Å². The van der Waals surface area contributed by atoms with Crippen LogP contribution in [0.5, 0.6) is 0 Å². The Labute approximate surface area is 160 Å². The van der Waals surface area contributed by atoms with Gasteiger partial charge >= 0.3 is 0 Å². The van der Waals surface area contributed by atoms with Gasteiger partial charge in [0.2, 0.25) is 0 Å². The minimum Gasteiger partial charge on any atom is -0.385 e. The van der Waals surface area contributed by atoms with E-state index in [1.54, 1.807) is 19.5 Å². The summed E-state index contributed by atoms with van der Waals surface area (Å²) in [6, 6.07) is 8.47. The summed E-state index contributed by atoms with van der Waals surface area (Å²) in [6.07, 6.45) is 4.06. The number of aromatic nitrogens is 2. The van der Waals surface area contributed by atoms with Gasteiger partial charge in [0.15, 0.2) is 0 Å². The molecule has 2 aromatic rings. The number of amides is 1. The number of nitrogens with zero attached hydrogens (tertiary/aromatic N) is 4. The molecule has 1 aliphatic rings. The predicted octanol–water partition coefficient (Wildman–Crippen LogP) is 2.20. The number of ether oxygens (including phenoxy) is 1. The summed E-state index contributed by atoms with van der Waals surface area (Å²) in [4.78, 5) is 25.4. The number of carbonyl (C=O) groups is 1. The van der Waals surface area contributed by atoms with Crippen LogP contribution in [0, 0.1) is 6.92 Å². The molecule has 2 heterocycles. The second-order valence-corrected chi connectivity index (χ2v) is 6.68. The van der Waals surface area contributed by atoms with Crippen molar-refractivity contribution in [3.8, 4) is 0 Å². The Morgan fingerprint density at radius 3 is 2.67 bits per heavy atom. The first-order chi connectivity index (χ1) is 13.2. The Hall–Kier alpha value is -2.67. The Morgan fingerprint density at radius 2 is 2.00 bits per heavy atom. The summed E-state index contributed by atoms with van der Waals surface area (Å²) in [7, 11) is 1.68. The van der Waals surface area contributed by atoms with Crippen LogP contribution in [0.3, 0.4) is 0 Å². The van der Waals surface area contributed by atoms with Gasteiger partial charge in [0.1, 0.15) is 11.5 Å². The fourth-order valence-corrected chi connectivity index (χ4v) is 3.12. The molecule has 144 valence electrons. The van der Waals surface area contributed by atoms with Gasteiger partial charge in [-0.1, -0.05) is 12.1 Å². The Kier molecular flexibility index (Phi) is 6.59. The molecule has 1 saturated heterocycles. The van der Waals surface area contributed by atoms with Crippen molar-refractivity contribution in [2.75, 3.05) is 56.7 Å². The number of piperazine rings is 1. The maximum absolute atomic E-state index is 12.7. The van der Waals surface area contributed by atoms with Crippen molar-refractivity contribution in [2.45, 2.75) is 13.3 Å². The number of hydrogen-bond donors (Lipinski definition) is 1. The molecule has 1 aliphatic heterocycles. The van der Waals surface area contributed by atoms with Crippen molar-refractivity contribution in [3.63, 3.8) is 0 Å². The molecule has 0 atom stereocenters. The molecule has 0 bridgehead atoms. The fraction of sp³-hybridized carbons (Fsp3) is 0.450. The highest BCUT2D eigenvalue weighted by molar-refractivity contribution is 5.92. The lowest BCUT2D eigenvalue weighted by Crippen LogP contribution is -2.49. The van der Waals surface area contributed by atoms with Gasteiger partial charge in [0.05, 0.1) is 12.4 Å². The lowest BCUT2D eigenvalue weighted by Gasteiger charge is -2.36. The average Bonchev–Trinajstić information content (AvgIpc) is 2.71. The third-order valence-corrected chi connectivity index (χ3v) is 4.64. The van der Waals surface area contributed by atoms with Gasteiger partial charge in [0.25, 0.3) is 5.91 Å². The van der Waals surface area contributed by atoms with E-state index in [4.69, 9.17) is 4.74 Å². The molecule has 1 aromatic heterocycles. The molecule has 0 aliphatic carbocycles. The number of carbonyl (C=O) groups excluding carboxylic acids is 1. The standard InChI is InChI=1S/C20H27N5O2/c1-16-5-3-6-17(13-16)24-8-10-25(11-9-24)20(26)18-14-23-19(15-22-18)21-7-4-12-27-2/h3,5-6,13-15H,4,7-12H2,1-2H3,(H,21,23). The monoisotopic (exact) mass is 369 g/mol. The quantitative estimate of drug-likeness (QED) is 0.755. The predicted molar refractivity (Wildman–Crippen MR) is 106 cm³/mol. The number of nitrogens with one attached hydrogen (secondary N) is 1. The first kappa shape index (κ1) is 19.1. The molecule has 0 spiro atoms. The van der Waals surface area contributed by atoms with Crippen molar-refractivity contribution >= 4 is 17.4 Å². The molecule has 1 fully saturated rings. The summed E-state index contributed by atoms with van der Waals surface area (Å²) in [5.74, 6) is 0.615. The van der Waals surface area contributed by atoms with Gasteiger partial charge in [-0.25, -0.2) is 9.97 Å².